The van der Waals surface area contributed by atoms with Gasteiger partial charge in [-0.05, 0) is 26.0 Å². The van der Waals surface area contributed by atoms with E-state index in [2.05, 4.69) is 5.32 Å². The molecule has 5 heteroatoms. The monoisotopic (exact) mass is 262 g/mol. The third-order valence-electron chi connectivity index (χ3n) is 3.11. The van der Waals surface area contributed by atoms with Crippen molar-refractivity contribution in [2.75, 3.05) is 23.4 Å². The summed E-state index contributed by atoms with van der Waals surface area (Å²) in [4.78, 5) is 25.4. The Labute approximate surface area is 112 Å². The molecule has 1 heterocycles. The van der Waals surface area contributed by atoms with Gasteiger partial charge in [-0.3, -0.25) is 9.59 Å². The highest BCUT2D eigenvalue weighted by molar-refractivity contribution is 5.97. The lowest BCUT2D eigenvalue weighted by Gasteiger charge is -2.28. The van der Waals surface area contributed by atoms with Crippen LogP contribution in [0.3, 0.4) is 0 Å². The van der Waals surface area contributed by atoms with Crippen LogP contribution in [0.2, 0.25) is 0 Å². The van der Waals surface area contributed by atoms with Crippen molar-refractivity contribution in [3.05, 3.63) is 24.3 Å². The van der Waals surface area contributed by atoms with Crippen LogP contribution in [0, 0.1) is 0 Å². The van der Waals surface area contributed by atoms with Gasteiger partial charge in [-0.1, -0.05) is 12.1 Å². The van der Waals surface area contributed by atoms with Crippen LogP contribution in [0.5, 0.6) is 0 Å². The maximum absolute atomic E-state index is 11.8. The summed E-state index contributed by atoms with van der Waals surface area (Å²) in [5.74, 6) is -0.315. The van der Waals surface area contributed by atoms with E-state index in [1.54, 1.807) is 6.92 Å². The van der Waals surface area contributed by atoms with Crippen LogP contribution >= 0.6 is 0 Å². The number of hydrogen-bond donors (Lipinski definition) is 1. The third kappa shape index (κ3) is 3.05. The molecule has 0 saturated carbocycles. The lowest BCUT2D eigenvalue weighted by atomic mass is 10.2. The van der Waals surface area contributed by atoms with Gasteiger partial charge in [0.05, 0.1) is 18.0 Å². The summed E-state index contributed by atoms with van der Waals surface area (Å²) in [7, 11) is 0. The molecule has 0 saturated heterocycles. The fraction of sp³-hybridized carbons (Fsp3) is 0.429. The Bertz CT molecular complexity index is 487. The molecule has 0 spiro atoms. The predicted octanol–water partition coefficient (Wildman–Crippen LogP) is 1.79. The molecule has 0 aliphatic carbocycles. The van der Waals surface area contributed by atoms with E-state index in [1.807, 2.05) is 36.1 Å². The maximum Gasteiger partial charge on any atom is 0.325 e. The van der Waals surface area contributed by atoms with Gasteiger partial charge in [0.15, 0.2) is 0 Å². The van der Waals surface area contributed by atoms with Crippen LogP contribution in [-0.4, -0.2) is 31.1 Å². The summed E-state index contributed by atoms with van der Waals surface area (Å²) < 4.78 is 4.99. The maximum atomic E-state index is 11.8. The number of nitrogens with one attached hydrogen (secondary N) is 1. The fourth-order valence-electron chi connectivity index (χ4n) is 2.23. The zero-order chi connectivity index (χ0) is 13.8. The molecule has 1 aromatic carbocycles. The standard InChI is InChI=1S/C14H18N2O3/c1-3-19-14(18)9-16-10(2)8-13(17)15-11-6-4-5-7-12(11)16/h4-7,10H,3,8-9H2,1-2H3,(H,15,17)/t10-/m0/s1. The minimum atomic E-state index is -0.279. The number of ether oxygens (including phenoxy) is 1. The number of para-hydroxylation sites is 2. The molecule has 1 atom stereocenters. The van der Waals surface area contributed by atoms with Crippen LogP contribution < -0.4 is 10.2 Å². The van der Waals surface area contributed by atoms with Crippen LogP contribution in [0.4, 0.5) is 11.4 Å². The van der Waals surface area contributed by atoms with E-state index in [4.69, 9.17) is 4.74 Å². The first kappa shape index (κ1) is 13.4. The van der Waals surface area contributed by atoms with Crippen molar-refractivity contribution < 1.29 is 14.3 Å². The molecule has 102 valence electrons. The van der Waals surface area contributed by atoms with E-state index in [0.29, 0.717) is 13.0 Å². The second-order valence-corrected chi connectivity index (χ2v) is 4.55. The zero-order valence-electron chi connectivity index (χ0n) is 11.2. The SMILES string of the molecule is CCOC(=O)CN1c2ccccc2NC(=O)C[C@@H]1C. The Kier molecular flexibility index (Phi) is 4.04. The fourth-order valence-corrected chi connectivity index (χ4v) is 2.23. The normalized spacial score (nSPS) is 18.3. The average molecular weight is 262 g/mol. The molecular weight excluding hydrogens is 244 g/mol. The van der Waals surface area contributed by atoms with Gasteiger partial charge in [-0.15, -0.1) is 0 Å². The highest BCUT2D eigenvalue weighted by atomic mass is 16.5. The van der Waals surface area contributed by atoms with Gasteiger partial charge < -0.3 is 15.0 Å². The molecule has 0 fully saturated rings. The molecule has 5 nitrogen and oxygen atoms in total. The summed E-state index contributed by atoms with van der Waals surface area (Å²) in [6.07, 6.45) is 0.355. The van der Waals surface area contributed by atoms with Crippen molar-refractivity contribution in [2.45, 2.75) is 26.3 Å². The third-order valence-corrected chi connectivity index (χ3v) is 3.11. The Hall–Kier alpha value is -2.04. The highest BCUT2D eigenvalue weighted by Gasteiger charge is 2.26. The second-order valence-electron chi connectivity index (χ2n) is 4.55. The molecule has 0 bridgehead atoms. The number of rotatable bonds is 3. The molecule has 2 rings (SSSR count). The van der Waals surface area contributed by atoms with Crippen molar-refractivity contribution in [3.8, 4) is 0 Å². The zero-order valence-corrected chi connectivity index (χ0v) is 11.2. The average Bonchev–Trinajstić information content (AvgIpc) is 2.47. The molecular formula is C14H18N2O3. The topological polar surface area (TPSA) is 58.6 Å². The second kappa shape index (κ2) is 5.73. The van der Waals surface area contributed by atoms with Crippen molar-refractivity contribution in [3.63, 3.8) is 0 Å². The summed E-state index contributed by atoms with van der Waals surface area (Å²) in [6, 6.07) is 7.44. The van der Waals surface area contributed by atoms with Gasteiger partial charge in [0.1, 0.15) is 6.54 Å². The van der Waals surface area contributed by atoms with Crippen LogP contribution in [0.15, 0.2) is 24.3 Å². The predicted molar refractivity (Wildman–Crippen MR) is 73.1 cm³/mol. The first-order valence-electron chi connectivity index (χ1n) is 6.43. The summed E-state index contributed by atoms with van der Waals surface area (Å²) in [5.41, 5.74) is 1.59. The Morgan fingerprint density at radius 1 is 1.47 bits per heavy atom. The number of nitrogens with zero attached hydrogens (tertiary/aromatic N) is 1. The van der Waals surface area contributed by atoms with E-state index >= 15 is 0 Å². The number of amides is 1. The molecule has 1 aromatic rings. The number of hydrogen-bond acceptors (Lipinski definition) is 4. The summed E-state index contributed by atoms with van der Waals surface area (Å²) >= 11 is 0. The number of carbonyl (C=O) groups is 2. The molecule has 1 aliphatic rings. The van der Waals surface area contributed by atoms with Gasteiger partial charge >= 0.3 is 5.97 Å². The number of anilines is 2. The molecule has 19 heavy (non-hydrogen) atoms. The molecule has 1 N–H and O–H groups in total. The lowest BCUT2D eigenvalue weighted by molar-refractivity contribution is -0.141. The van der Waals surface area contributed by atoms with Gasteiger partial charge in [-0.25, -0.2) is 0 Å². The van der Waals surface area contributed by atoms with Crippen LogP contribution in [0.1, 0.15) is 20.3 Å². The van der Waals surface area contributed by atoms with Gasteiger partial charge in [0.2, 0.25) is 5.91 Å². The Morgan fingerprint density at radius 2 is 2.21 bits per heavy atom. The molecule has 0 aromatic heterocycles. The van der Waals surface area contributed by atoms with Crippen molar-refractivity contribution in [2.24, 2.45) is 0 Å². The van der Waals surface area contributed by atoms with E-state index in [0.717, 1.165) is 11.4 Å². The number of fused-ring (bicyclic) bond motifs is 1. The van der Waals surface area contributed by atoms with Crippen molar-refractivity contribution in [1.82, 2.24) is 0 Å². The largest absolute Gasteiger partial charge is 0.465 e. The van der Waals surface area contributed by atoms with Gasteiger partial charge in [-0.2, -0.15) is 0 Å². The first-order valence-corrected chi connectivity index (χ1v) is 6.43. The van der Waals surface area contributed by atoms with E-state index < -0.39 is 0 Å². The summed E-state index contributed by atoms with van der Waals surface area (Å²) in [6.45, 7) is 4.23. The molecule has 0 radical (unpaired) electrons. The molecule has 1 aliphatic heterocycles. The summed E-state index contributed by atoms with van der Waals surface area (Å²) in [5, 5.41) is 2.86. The number of esters is 1. The Balaban J connectivity index is 2.29. The molecule has 0 unspecified atom stereocenters. The highest BCUT2D eigenvalue weighted by Crippen LogP contribution is 2.30. The van der Waals surface area contributed by atoms with Crippen molar-refractivity contribution in [1.29, 1.82) is 0 Å². The quantitative estimate of drug-likeness (QED) is 0.844. The minimum Gasteiger partial charge on any atom is -0.465 e. The Morgan fingerprint density at radius 3 is 2.95 bits per heavy atom. The first-order chi connectivity index (χ1) is 9.11. The van der Waals surface area contributed by atoms with Gasteiger partial charge in [0, 0.05) is 12.5 Å². The van der Waals surface area contributed by atoms with Crippen LogP contribution in [-0.2, 0) is 14.3 Å². The van der Waals surface area contributed by atoms with E-state index in [9.17, 15) is 9.59 Å². The van der Waals surface area contributed by atoms with Crippen molar-refractivity contribution >= 4 is 23.3 Å². The van der Waals surface area contributed by atoms with Gasteiger partial charge in [0.25, 0.3) is 0 Å². The minimum absolute atomic E-state index is 0.0358. The van der Waals surface area contributed by atoms with Crippen LogP contribution in [0.25, 0.3) is 0 Å². The smallest absolute Gasteiger partial charge is 0.325 e. The number of benzene rings is 1. The molecule has 1 amide bonds. The lowest BCUT2D eigenvalue weighted by Crippen LogP contribution is -2.38. The number of carbonyl (C=O) groups excluding carboxylic acids is 2. The van der Waals surface area contributed by atoms with E-state index in [1.165, 1.54) is 0 Å². The van der Waals surface area contributed by atoms with E-state index in [-0.39, 0.29) is 24.5 Å².